The summed E-state index contributed by atoms with van der Waals surface area (Å²) in [6.45, 7) is 4.99. The number of carbonyl (C=O) groups excluding carboxylic acids is 1. The van der Waals surface area contributed by atoms with Crippen molar-refractivity contribution in [3.63, 3.8) is 0 Å². The average molecular weight is 262 g/mol. The van der Waals surface area contributed by atoms with Gasteiger partial charge in [0.05, 0.1) is 0 Å². The van der Waals surface area contributed by atoms with Gasteiger partial charge in [-0.25, -0.2) is 0 Å². The summed E-state index contributed by atoms with van der Waals surface area (Å²) in [5, 5.41) is 3.10. The van der Waals surface area contributed by atoms with E-state index in [0.29, 0.717) is 13.0 Å². The number of nitrogens with one attached hydrogen (secondary N) is 1. The first-order valence-corrected chi connectivity index (χ1v) is 7.20. The molecule has 0 bridgehead atoms. The van der Waals surface area contributed by atoms with Gasteiger partial charge >= 0.3 is 0 Å². The van der Waals surface area contributed by atoms with Gasteiger partial charge in [0.25, 0.3) is 0 Å². The quantitative estimate of drug-likeness (QED) is 0.799. The van der Waals surface area contributed by atoms with Crippen molar-refractivity contribution in [1.82, 2.24) is 5.32 Å². The lowest BCUT2D eigenvalue weighted by atomic mass is 9.70. The molecule has 0 radical (unpaired) electrons. The number of fused-ring (bicyclic) bond motifs is 1. The van der Waals surface area contributed by atoms with Gasteiger partial charge in [0, 0.05) is 36.1 Å². The normalized spacial score (nSPS) is 33.8. The number of carbonyl (C=O) groups is 1. The largest absolute Gasteiger partial charge is 0.488 e. The van der Waals surface area contributed by atoms with Crippen molar-refractivity contribution < 1.29 is 9.53 Å². The van der Waals surface area contributed by atoms with Gasteiger partial charge in [-0.1, -0.05) is 13.8 Å². The van der Waals surface area contributed by atoms with Crippen LogP contribution in [-0.2, 0) is 9.53 Å². The van der Waals surface area contributed by atoms with Gasteiger partial charge in [-0.15, -0.1) is 0 Å². The van der Waals surface area contributed by atoms with E-state index < -0.39 is 0 Å². The van der Waals surface area contributed by atoms with Gasteiger partial charge in [-0.2, -0.15) is 0 Å². The highest BCUT2D eigenvalue weighted by atomic mass is 16.5. The Hall–Kier alpha value is -1.29. The molecular formula is C15H22N2O2. The van der Waals surface area contributed by atoms with E-state index in [1.807, 2.05) is 0 Å². The monoisotopic (exact) mass is 262 g/mol. The summed E-state index contributed by atoms with van der Waals surface area (Å²) in [6.07, 6.45) is 4.44. The Kier molecular flexibility index (Phi) is 2.93. The van der Waals surface area contributed by atoms with Crippen molar-refractivity contribution in [2.75, 3.05) is 6.54 Å². The van der Waals surface area contributed by atoms with Crippen LogP contribution in [0.1, 0.15) is 46.0 Å². The molecular weight excluding hydrogens is 240 g/mol. The Morgan fingerprint density at radius 1 is 1.47 bits per heavy atom. The van der Waals surface area contributed by atoms with Crippen LogP contribution in [0.25, 0.3) is 0 Å². The van der Waals surface area contributed by atoms with Gasteiger partial charge in [-0.05, 0) is 24.8 Å². The summed E-state index contributed by atoms with van der Waals surface area (Å²) in [4.78, 5) is 11.7. The van der Waals surface area contributed by atoms with Crippen molar-refractivity contribution in [2.24, 2.45) is 11.1 Å². The molecule has 2 heterocycles. The molecule has 2 aliphatic heterocycles. The molecule has 1 amide bonds. The fourth-order valence-electron chi connectivity index (χ4n) is 3.47. The minimum absolute atomic E-state index is 0.0388. The van der Waals surface area contributed by atoms with Gasteiger partial charge in [0.15, 0.2) is 0 Å². The third-order valence-corrected chi connectivity index (χ3v) is 4.77. The minimum atomic E-state index is 0.0388. The van der Waals surface area contributed by atoms with Gasteiger partial charge in [0.2, 0.25) is 5.91 Å². The second kappa shape index (κ2) is 4.37. The Bertz CT molecular complexity index is 492. The fourth-order valence-corrected chi connectivity index (χ4v) is 3.47. The lowest BCUT2D eigenvalue weighted by Crippen LogP contribution is -2.39. The molecule has 4 heteroatoms. The third kappa shape index (κ3) is 1.89. The van der Waals surface area contributed by atoms with Crippen molar-refractivity contribution >= 4 is 5.91 Å². The predicted octanol–water partition coefficient (Wildman–Crippen LogP) is 1.97. The molecule has 3 rings (SSSR count). The zero-order valence-electron chi connectivity index (χ0n) is 11.7. The van der Waals surface area contributed by atoms with E-state index in [4.69, 9.17) is 10.5 Å². The number of hydrogen-bond acceptors (Lipinski definition) is 3. The van der Waals surface area contributed by atoms with Crippen LogP contribution < -0.4 is 11.1 Å². The highest BCUT2D eigenvalue weighted by Crippen LogP contribution is 2.50. The highest BCUT2D eigenvalue weighted by molar-refractivity contribution is 5.81. The summed E-state index contributed by atoms with van der Waals surface area (Å²) in [7, 11) is 0. The lowest BCUT2D eigenvalue weighted by molar-refractivity contribution is -0.121. The van der Waals surface area contributed by atoms with E-state index in [1.54, 1.807) is 0 Å². The van der Waals surface area contributed by atoms with Crippen LogP contribution >= 0.6 is 0 Å². The molecule has 0 aromatic heterocycles. The molecule has 104 valence electrons. The van der Waals surface area contributed by atoms with Crippen LogP contribution in [0.15, 0.2) is 22.6 Å². The summed E-state index contributed by atoms with van der Waals surface area (Å²) in [5.41, 5.74) is 9.50. The molecule has 19 heavy (non-hydrogen) atoms. The zero-order chi connectivity index (χ0) is 13.6. The molecule has 0 fully saturated rings. The maximum atomic E-state index is 11.7. The van der Waals surface area contributed by atoms with Crippen LogP contribution in [0.4, 0.5) is 0 Å². The molecule has 0 saturated heterocycles. The number of allylic oxidation sites excluding steroid dienone is 2. The van der Waals surface area contributed by atoms with E-state index >= 15 is 0 Å². The molecule has 0 saturated carbocycles. The van der Waals surface area contributed by atoms with Crippen LogP contribution in [0.5, 0.6) is 0 Å². The molecule has 4 nitrogen and oxygen atoms in total. The lowest BCUT2D eigenvalue weighted by Gasteiger charge is -2.39. The van der Waals surface area contributed by atoms with Crippen LogP contribution in [-0.4, -0.2) is 18.6 Å². The van der Waals surface area contributed by atoms with Gasteiger partial charge in [-0.3, -0.25) is 4.79 Å². The van der Waals surface area contributed by atoms with Crippen molar-refractivity contribution in [3.05, 3.63) is 22.6 Å². The molecule has 3 aliphatic rings. The number of rotatable bonds is 2. The summed E-state index contributed by atoms with van der Waals surface area (Å²) in [6, 6.07) is 0. The standard InChI is InChI=1S/C15H22N2O2/c1-3-15(2)7-9-6-10(8-16)19-13(9)11-4-5-12(18)17-14(11)15/h10H,3-8,16H2,1-2H3,(H,17,18). The second-order valence-corrected chi connectivity index (χ2v) is 6.11. The number of amides is 1. The first-order chi connectivity index (χ1) is 9.07. The Balaban J connectivity index is 2.03. The van der Waals surface area contributed by atoms with Gasteiger partial charge < -0.3 is 15.8 Å². The Labute approximate surface area is 114 Å². The summed E-state index contributed by atoms with van der Waals surface area (Å²) >= 11 is 0. The molecule has 2 atom stereocenters. The van der Waals surface area contributed by atoms with E-state index in [-0.39, 0.29) is 17.4 Å². The summed E-state index contributed by atoms with van der Waals surface area (Å²) in [5.74, 6) is 1.17. The predicted molar refractivity (Wildman–Crippen MR) is 73.0 cm³/mol. The Morgan fingerprint density at radius 2 is 2.26 bits per heavy atom. The van der Waals surface area contributed by atoms with Crippen molar-refractivity contribution in [1.29, 1.82) is 0 Å². The molecule has 2 unspecified atom stereocenters. The maximum Gasteiger partial charge on any atom is 0.224 e. The molecule has 3 N–H and O–H groups in total. The first kappa shape index (κ1) is 12.7. The SMILES string of the molecule is CCC1(C)CC2=C(OC(CN)C2)C2=C1NC(=O)CC2. The minimum Gasteiger partial charge on any atom is -0.488 e. The van der Waals surface area contributed by atoms with Crippen LogP contribution in [0.2, 0.25) is 0 Å². The maximum absolute atomic E-state index is 11.7. The summed E-state index contributed by atoms with van der Waals surface area (Å²) < 4.78 is 6.00. The number of ether oxygens (including phenoxy) is 1. The van der Waals surface area contributed by atoms with Crippen molar-refractivity contribution in [3.8, 4) is 0 Å². The van der Waals surface area contributed by atoms with E-state index in [1.165, 1.54) is 11.1 Å². The highest BCUT2D eigenvalue weighted by Gasteiger charge is 2.43. The van der Waals surface area contributed by atoms with E-state index in [2.05, 4.69) is 19.2 Å². The van der Waals surface area contributed by atoms with Crippen LogP contribution in [0, 0.1) is 5.41 Å². The average Bonchev–Trinajstić information content (AvgIpc) is 2.81. The molecule has 0 aromatic rings. The first-order valence-electron chi connectivity index (χ1n) is 7.20. The van der Waals surface area contributed by atoms with E-state index in [0.717, 1.165) is 37.1 Å². The number of nitrogens with two attached hydrogens (primary N) is 1. The molecule has 0 aromatic carbocycles. The van der Waals surface area contributed by atoms with Crippen LogP contribution in [0.3, 0.4) is 0 Å². The fraction of sp³-hybridized carbons (Fsp3) is 0.667. The smallest absolute Gasteiger partial charge is 0.224 e. The zero-order valence-corrected chi connectivity index (χ0v) is 11.7. The topological polar surface area (TPSA) is 64.3 Å². The van der Waals surface area contributed by atoms with Crippen molar-refractivity contribution in [2.45, 2.75) is 52.1 Å². The van der Waals surface area contributed by atoms with Gasteiger partial charge in [0.1, 0.15) is 11.9 Å². The second-order valence-electron chi connectivity index (χ2n) is 6.11. The third-order valence-electron chi connectivity index (χ3n) is 4.77. The Morgan fingerprint density at radius 3 is 2.95 bits per heavy atom. The molecule has 1 aliphatic carbocycles. The number of hydrogen-bond donors (Lipinski definition) is 2. The van der Waals surface area contributed by atoms with E-state index in [9.17, 15) is 4.79 Å². The molecule has 0 spiro atoms.